The topological polar surface area (TPSA) is 84.7 Å². The molecular formula is C20H26FN3O3S. The Bertz CT molecular complexity index is 855. The van der Waals surface area contributed by atoms with Crippen LogP contribution in [0.1, 0.15) is 34.5 Å². The molecule has 1 aromatic carbocycles. The molecule has 3 N–H and O–H groups in total. The molecule has 28 heavy (non-hydrogen) atoms. The number of nitrogens with zero attached hydrogens (tertiary/aromatic N) is 1. The molecule has 0 aliphatic carbocycles. The zero-order valence-corrected chi connectivity index (χ0v) is 16.8. The van der Waals surface area contributed by atoms with Crippen molar-refractivity contribution in [2.45, 2.75) is 25.9 Å². The average Bonchev–Trinajstić information content (AvgIpc) is 3.05. The van der Waals surface area contributed by atoms with Gasteiger partial charge in [0.1, 0.15) is 5.82 Å². The van der Waals surface area contributed by atoms with Gasteiger partial charge in [-0.15, -0.1) is 11.3 Å². The molecule has 1 aliphatic heterocycles. The highest BCUT2D eigenvalue weighted by atomic mass is 32.1. The van der Waals surface area contributed by atoms with Gasteiger partial charge in [0, 0.05) is 35.8 Å². The zero-order valence-electron chi connectivity index (χ0n) is 16.0. The highest BCUT2D eigenvalue weighted by Crippen LogP contribution is 2.33. The largest absolute Gasteiger partial charge is 0.380 e. The number of rotatable bonds is 8. The van der Waals surface area contributed by atoms with E-state index >= 15 is 0 Å². The third-order valence-corrected chi connectivity index (χ3v) is 6.30. The molecule has 8 heteroatoms. The quantitative estimate of drug-likeness (QED) is 0.659. The van der Waals surface area contributed by atoms with Crippen LogP contribution in [0.2, 0.25) is 0 Å². The van der Waals surface area contributed by atoms with Crippen molar-refractivity contribution < 1.29 is 18.7 Å². The first kappa shape index (κ1) is 20.7. The number of thiophene rings is 1. The van der Waals surface area contributed by atoms with E-state index < -0.39 is 0 Å². The predicted molar refractivity (Wildman–Crippen MR) is 108 cm³/mol. The normalized spacial score (nSPS) is 17.7. The minimum Gasteiger partial charge on any atom is -0.380 e. The highest BCUT2D eigenvalue weighted by Gasteiger charge is 2.24. The Morgan fingerprint density at radius 1 is 1.43 bits per heavy atom. The third kappa shape index (κ3) is 4.68. The first-order chi connectivity index (χ1) is 13.5. The summed E-state index contributed by atoms with van der Waals surface area (Å²) in [6.45, 7) is 3.14. The van der Waals surface area contributed by atoms with Crippen LogP contribution >= 0.6 is 11.3 Å². The van der Waals surface area contributed by atoms with Crippen LogP contribution in [0, 0.1) is 11.7 Å². The van der Waals surface area contributed by atoms with Crippen LogP contribution in [0.5, 0.6) is 0 Å². The third-order valence-electron chi connectivity index (χ3n) is 5.10. The summed E-state index contributed by atoms with van der Waals surface area (Å²) in [6, 6.07) is 4.85. The summed E-state index contributed by atoms with van der Waals surface area (Å²) in [5, 5.41) is 3.39. The maximum absolute atomic E-state index is 14.2. The summed E-state index contributed by atoms with van der Waals surface area (Å²) in [4.78, 5) is 26.7. The fourth-order valence-corrected chi connectivity index (χ4v) is 4.85. The zero-order chi connectivity index (χ0) is 20.1. The van der Waals surface area contributed by atoms with Gasteiger partial charge in [-0.25, -0.2) is 4.39 Å². The average molecular weight is 408 g/mol. The van der Waals surface area contributed by atoms with Crippen molar-refractivity contribution in [3.05, 3.63) is 34.5 Å². The highest BCUT2D eigenvalue weighted by molar-refractivity contribution is 7.21. The van der Waals surface area contributed by atoms with Crippen LogP contribution in [0.15, 0.2) is 18.2 Å². The summed E-state index contributed by atoms with van der Waals surface area (Å²) in [6.07, 6.45) is 2.59. The van der Waals surface area contributed by atoms with Crippen LogP contribution in [0.3, 0.4) is 0 Å². The van der Waals surface area contributed by atoms with Gasteiger partial charge in [-0.3, -0.25) is 9.59 Å². The number of amides is 2. The minimum absolute atomic E-state index is 0.0756. The summed E-state index contributed by atoms with van der Waals surface area (Å²) >= 11 is 1.28. The lowest BCUT2D eigenvalue weighted by Gasteiger charge is -2.31. The van der Waals surface area contributed by atoms with Crippen molar-refractivity contribution in [1.82, 2.24) is 10.2 Å². The standard InChI is InChI=1S/C20H26FN3O3S/c1-27-12-14-17-15(21)6-2-7-16(17)28-18(14)20(26)23-8-4-10-24-9-3-5-13(11-24)19(22)25/h2,6-7,13H,3-5,8-12H2,1H3,(H2,22,25)(H,23,26). The van der Waals surface area contributed by atoms with E-state index in [4.69, 9.17) is 10.5 Å². The lowest BCUT2D eigenvalue weighted by molar-refractivity contribution is -0.123. The summed E-state index contributed by atoms with van der Waals surface area (Å²) in [7, 11) is 1.53. The van der Waals surface area contributed by atoms with Crippen LogP contribution in [-0.4, -0.2) is 50.0 Å². The number of ether oxygens (including phenoxy) is 1. The number of carbonyl (C=O) groups excluding carboxylic acids is 2. The molecule has 2 aromatic rings. The van der Waals surface area contributed by atoms with Crippen molar-refractivity contribution in [3.63, 3.8) is 0 Å². The maximum atomic E-state index is 14.2. The fourth-order valence-electron chi connectivity index (χ4n) is 3.71. The Labute approximate surface area is 167 Å². The van der Waals surface area contributed by atoms with Gasteiger partial charge in [0.2, 0.25) is 5.91 Å². The Kier molecular flexibility index (Phi) is 6.98. The van der Waals surface area contributed by atoms with Gasteiger partial charge in [0.25, 0.3) is 5.91 Å². The Morgan fingerprint density at radius 3 is 3.00 bits per heavy atom. The molecule has 1 atom stereocenters. The van der Waals surface area contributed by atoms with E-state index in [1.54, 1.807) is 6.07 Å². The van der Waals surface area contributed by atoms with E-state index in [2.05, 4.69) is 10.2 Å². The molecule has 0 radical (unpaired) electrons. The number of methoxy groups -OCH3 is 1. The Hall–Kier alpha value is -2.03. The van der Waals surface area contributed by atoms with Gasteiger partial charge in [-0.2, -0.15) is 0 Å². The molecule has 1 unspecified atom stereocenters. The van der Waals surface area contributed by atoms with E-state index in [0.29, 0.717) is 28.9 Å². The number of hydrogen-bond acceptors (Lipinski definition) is 5. The SMILES string of the molecule is COCc1c(C(=O)NCCCN2CCCC(C(N)=O)C2)sc2cccc(F)c12. The van der Waals surface area contributed by atoms with E-state index in [9.17, 15) is 14.0 Å². The Morgan fingerprint density at radius 2 is 2.25 bits per heavy atom. The second kappa shape index (κ2) is 9.45. The first-order valence-electron chi connectivity index (χ1n) is 9.50. The van der Waals surface area contributed by atoms with Gasteiger partial charge in [-0.05, 0) is 44.5 Å². The number of carbonyl (C=O) groups is 2. The molecule has 2 heterocycles. The van der Waals surface area contributed by atoms with E-state index in [-0.39, 0.29) is 30.2 Å². The number of primary amides is 1. The lowest BCUT2D eigenvalue weighted by atomic mass is 9.97. The molecule has 1 aliphatic rings. The molecule has 6 nitrogen and oxygen atoms in total. The molecule has 1 aromatic heterocycles. The number of fused-ring (bicyclic) bond motifs is 1. The van der Waals surface area contributed by atoms with Crippen LogP contribution in [-0.2, 0) is 16.1 Å². The van der Waals surface area contributed by atoms with Crippen molar-refractivity contribution >= 4 is 33.2 Å². The molecule has 0 spiro atoms. The monoisotopic (exact) mass is 407 g/mol. The first-order valence-corrected chi connectivity index (χ1v) is 10.3. The van der Waals surface area contributed by atoms with Crippen LogP contribution in [0.25, 0.3) is 10.1 Å². The van der Waals surface area contributed by atoms with Crippen molar-refractivity contribution in [1.29, 1.82) is 0 Å². The molecule has 2 amide bonds. The smallest absolute Gasteiger partial charge is 0.261 e. The summed E-state index contributed by atoms with van der Waals surface area (Å²) in [5.41, 5.74) is 6.01. The molecule has 152 valence electrons. The van der Waals surface area contributed by atoms with E-state index in [0.717, 1.165) is 37.1 Å². The van der Waals surface area contributed by atoms with Gasteiger partial charge < -0.3 is 20.7 Å². The summed E-state index contributed by atoms with van der Waals surface area (Å²) < 4.78 is 20.2. The molecule has 0 bridgehead atoms. The maximum Gasteiger partial charge on any atom is 0.261 e. The van der Waals surface area contributed by atoms with Gasteiger partial charge >= 0.3 is 0 Å². The molecule has 0 saturated carbocycles. The van der Waals surface area contributed by atoms with Gasteiger partial charge in [0.15, 0.2) is 0 Å². The minimum atomic E-state index is -0.339. The fraction of sp³-hybridized carbons (Fsp3) is 0.500. The van der Waals surface area contributed by atoms with Crippen molar-refractivity contribution in [3.8, 4) is 0 Å². The number of nitrogens with one attached hydrogen (secondary N) is 1. The second-order valence-corrected chi connectivity index (χ2v) is 8.16. The van der Waals surface area contributed by atoms with E-state index in [1.807, 2.05) is 6.07 Å². The molecule has 1 saturated heterocycles. The van der Waals surface area contributed by atoms with Crippen molar-refractivity contribution in [2.75, 3.05) is 33.3 Å². The number of piperidine rings is 1. The number of hydrogen-bond donors (Lipinski definition) is 2. The Balaban J connectivity index is 1.57. The number of nitrogens with two attached hydrogens (primary N) is 1. The van der Waals surface area contributed by atoms with Crippen molar-refractivity contribution in [2.24, 2.45) is 11.7 Å². The number of benzene rings is 1. The van der Waals surface area contributed by atoms with Crippen LogP contribution < -0.4 is 11.1 Å². The second-order valence-electron chi connectivity index (χ2n) is 7.11. The predicted octanol–water partition coefficient (Wildman–Crippen LogP) is 2.50. The molecule has 3 rings (SSSR count). The molecular weight excluding hydrogens is 381 g/mol. The summed E-state index contributed by atoms with van der Waals surface area (Å²) in [5.74, 6) is -0.857. The van der Waals surface area contributed by atoms with Crippen LogP contribution in [0.4, 0.5) is 4.39 Å². The number of likely N-dealkylation sites (tertiary alicyclic amines) is 1. The van der Waals surface area contributed by atoms with Gasteiger partial charge in [0.05, 0.1) is 17.4 Å². The van der Waals surface area contributed by atoms with Gasteiger partial charge in [-0.1, -0.05) is 6.07 Å². The lowest BCUT2D eigenvalue weighted by Crippen LogP contribution is -2.42. The van der Waals surface area contributed by atoms with E-state index in [1.165, 1.54) is 24.5 Å². The number of halogens is 1. The molecule has 1 fully saturated rings.